The molecule has 1 amide bonds. The fraction of sp³-hybridized carbons (Fsp3) is 0.250. The molecule has 1 fully saturated rings. The van der Waals surface area contributed by atoms with E-state index < -0.39 is 10.7 Å². The van der Waals surface area contributed by atoms with E-state index in [-0.39, 0.29) is 35.5 Å². The minimum absolute atomic E-state index is 0.00605. The summed E-state index contributed by atoms with van der Waals surface area (Å²) in [6, 6.07) is 7.70. The number of anilines is 2. The van der Waals surface area contributed by atoms with Crippen molar-refractivity contribution in [1.29, 1.82) is 0 Å². The van der Waals surface area contributed by atoms with E-state index in [9.17, 15) is 19.3 Å². The zero-order valence-corrected chi connectivity index (χ0v) is 18.3. The Morgan fingerprint density at radius 1 is 1.25 bits per heavy atom. The van der Waals surface area contributed by atoms with Gasteiger partial charge in [-0.15, -0.1) is 0 Å². The third-order valence-corrected chi connectivity index (χ3v) is 5.53. The zero-order chi connectivity index (χ0) is 22.7. The minimum Gasteiger partial charge on any atom is -0.459 e. The largest absolute Gasteiger partial charge is 0.459 e. The molecule has 1 aliphatic heterocycles. The molecule has 2 aromatic heterocycles. The highest BCUT2D eigenvalue weighted by atomic mass is 79.9. The number of piperazine rings is 1. The minimum atomic E-state index is -0.560. The van der Waals surface area contributed by atoms with E-state index in [1.807, 2.05) is 0 Å². The van der Waals surface area contributed by atoms with Crippen LogP contribution in [0, 0.1) is 15.9 Å². The smallest absolute Gasteiger partial charge is 0.353 e. The summed E-state index contributed by atoms with van der Waals surface area (Å²) in [6.45, 7) is 1.42. The molecule has 166 valence electrons. The molecule has 4 rings (SSSR count). The molecule has 1 saturated heterocycles. The molecule has 10 nitrogen and oxygen atoms in total. The third-order valence-electron chi connectivity index (χ3n) is 5.04. The zero-order valence-electron chi connectivity index (χ0n) is 16.7. The van der Waals surface area contributed by atoms with Gasteiger partial charge in [0.25, 0.3) is 5.91 Å². The summed E-state index contributed by atoms with van der Waals surface area (Å²) in [5.41, 5.74) is 0.0348. The molecule has 0 radical (unpaired) electrons. The summed E-state index contributed by atoms with van der Waals surface area (Å²) >= 11 is 3.28. The molecule has 12 heteroatoms. The van der Waals surface area contributed by atoms with Crippen molar-refractivity contribution in [1.82, 2.24) is 14.9 Å². The van der Waals surface area contributed by atoms with Crippen molar-refractivity contribution in [3.63, 3.8) is 0 Å². The van der Waals surface area contributed by atoms with Gasteiger partial charge in [0.1, 0.15) is 12.1 Å². The topological polar surface area (TPSA) is 118 Å². The fourth-order valence-electron chi connectivity index (χ4n) is 3.43. The SMILES string of the molecule is O=C(c1ccco1)N1CCN(c2ncnc(NCc3cc(Br)ccc3F)c2[N+](=O)[O-])CC1. The van der Waals surface area contributed by atoms with Gasteiger partial charge in [0, 0.05) is 42.8 Å². The normalized spacial score (nSPS) is 13.8. The van der Waals surface area contributed by atoms with E-state index in [1.165, 1.54) is 18.7 Å². The van der Waals surface area contributed by atoms with Gasteiger partial charge in [-0.2, -0.15) is 0 Å². The van der Waals surface area contributed by atoms with Crippen molar-refractivity contribution >= 4 is 39.2 Å². The number of amides is 1. The highest BCUT2D eigenvalue weighted by Gasteiger charge is 2.31. The molecule has 0 spiro atoms. The van der Waals surface area contributed by atoms with Crippen molar-refractivity contribution in [2.45, 2.75) is 6.54 Å². The number of carbonyl (C=O) groups excluding carboxylic acids is 1. The van der Waals surface area contributed by atoms with Crippen LogP contribution in [0.2, 0.25) is 0 Å². The molecule has 0 bridgehead atoms. The number of nitrogens with zero attached hydrogens (tertiary/aromatic N) is 5. The van der Waals surface area contributed by atoms with Gasteiger partial charge in [-0.05, 0) is 30.3 Å². The van der Waals surface area contributed by atoms with E-state index in [2.05, 4.69) is 31.2 Å². The lowest BCUT2D eigenvalue weighted by atomic mass is 10.2. The fourth-order valence-corrected chi connectivity index (χ4v) is 3.84. The molecule has 3 aromatic rings. The lowest BCUT2D eigenvalue weighted by Gasteiger charge is -2.34. The van der Waals surface area contributed by atoms with Gasteiger partial charge < -0.3 is 19.5 Å². The van der Waals surface area contributed by atoms with Crippen LogP contribution in [0.15, 0.2) is 51.8 Å². The lowest BCUT2D eigenvalue weighted by Crippen LogP contribution is -2.49. The molecule has 0 atom stereocenters. The van der Waals surface area contributed by atoms with Gasteiger partial charge in [0.15, 0.2) is 5.76 Å². The molecule has 0 unspecified atom stereocenters. The first-order valence-corrected chi connectivity index (χ1v) is 10.5. The van der Waals surface area contributed by atoms with E-state index in [1.54, 1.807) is 34.1 Å². The maximum Gasteiger partial charge on any atom is 0.353 e. The number of rotatable bonds is 6. The maximum absolute atomic E-state index is 14.0. The number of nitrogens with one attached hydrogen (secondary N) is 1. The molecular formula is C20H18BrFN6O4. The molecule has 0 saturated carbocycles. The summed E-state index contributed by atoms with van der Waals surface area (Å²) in [5, 5.41) is 14.7. The van der Waals surface area contributed by atoms with Crippen LogP contribution < -0.4 is 10.2 Å². The van der Waals surface area contributed by atoms with Crippen molar-refractivity contribution in [3.8, 4) is 0 Å². The Hall–Kier alpha value is -3.54. The Morgan fingerprint density at radius 2 is 2.03 bits per heavy atom. The standard InChI is InChI=1S/C20H18BrFN6O4/c21-14-3-4-15(22)13(10-14)11-23-18-17(28(30)31)19(25-12-24-18)26-5-7-27(8-6-26)20(29)16-2-1-9-32-16/h1-4,9-10,12H,5-8,11H2,(H,23,24,25). The molecule has 1 N–H and O–H groups in total. The summed E-state index contributed by atoms with van der Waals surface area (Å²) in [7, 11) is 0. The van der Waals surface area contributed by atoms with Gasteiger partial charge in [-0.3, -0.25) is 14.9 Å². The highest BCUT2D eigenvalue weighted by molar-refractivity contribution is 9.10. The number of aromatic nitrogens is 2. The molecule has 1 aromatic carbocycles. The first-order valence-electron chi connectivity index (χ1n) is 9.69. The molecule has 32 heavy (non-hydrogen) atoms. The number of carbonyl (C=O) groups is 1. The average Bonchev–Trinajstić information content (AvgIpc) is 3.34. The molecular weight excluding hydrogens is 487 g/mol. The number of hydrogen-bond donors (Lipinski definition) is 1. The van der Waals surface area contributed by atoms with Crippen LogP contribution in [-0.4, -0.2) is 51.9 Å². The third kappa shape index (κ3) is 4.54. The van der Waals surface area contributed by atoms with E-state index in [4.69, 9.17) is 4.42 Å². The van der Waals surface area contributed by atoms with Crippen LogP contribution in [0.25, 0.3) is 0 Å². The molecule has 0 aliphatic carbocycles. The Bertz CT molecular complexity index is 1140. The van der Waals surface area contributed by atoms with Crippen molar-refractivity contribution in [2.24, 2.45) is 0 Å². The lowest BCUT2D eigenvalue weighted by molar-refractivity contribution is -0.383. The average molecular weight is 505 g/mol. The van der Waals surface area contributed by atoms with E-state index in [0.717, 1.165) is 0 Å². The highest BCUT2D eigenvalue weighted by Crippen LogP contribution is 2.33. The monoisotopic (exact) mass is 504 g/mol. The van der Waals surface area contributed by atoms with Gasteiger partial charge in [-0.1, -0.05) is 15.9 Å². The van der Waals surface area contributed by atoms with Crippen LogP contribution >= 0.6 is 15.9 Å². The second kappa shape index (κ2) is 9.30. The van der Waals surface area contributed by atoms with Gasteiger partial charge in [-0.25, -0.2) is 14.4 Å². The number of furan rings is 1. The predicted octanol–water partition coefficient (Wildman–Crippen LogP) is 3.45. The molecule has 3 heterocycles. The van der Waals surface area contributed by atoms with Gasteiger partial charge in [0.2, 0.25) is 11.6 Å². The first-order chi connectivity index (χ1) is 15.4. The van der Waals surface area contributed by atoms with Crippen LogP contribution in [0.1, 0.15) is 16.1 Å². The number of nitro groups is 1. The maximum atomic E-state index is 14.0. The first kappa shape index (κ1) is 21.7. The number of halogens is 2. The predicted molar refractivity (Wildman–Crippen MR) is 117 cm³/mol. The quantitative estimate of drug-likeness (QED) is 0.400. The Labute approximate surface area is 190 Å². The summed E-state index contributed by atoms with van der Waals surface area (Å²) in [4.78, 5) is 35.2. The Balaban J connectivity index is 1.50. The second-order valence-electron chi connectivity index (χ2n) is 7.00. The Kier molecular flexibility index (Phi) is 6.30. The number of benzene rings is 1. The van der Waals surface area contributed by atoms with Crippen LogP contribution in [-0.2, 0) is 6.54 Å². The van der Waals surface area contributed by atoms with Gasteiger partial charge >= 0.3 is 5.69 Å². The van der Waals surface area contributed by atoms with Crippen molar-refractivity contribution in [3.05, 3.63) is 74.7 Å². The van der Waals surface area contributed by atoms with Crippen molar-refractivity contribution in [2.75, 3.05) is 36.4 Å². The summed E-state index contributed by atoms with van der Waals surface area (Å²) in [5.74, 6) is -0.279. The van der Waals surface area contributed by atoms with Crippen LogP contribution in [0.4, 0.5) is 21.7 Å². The molecule has 1 aliphatic rings. The Morgan fingerprint density at radius 3 is 2.72 bits per heavy atom. The second-order valence-corrected chi connectivity index (χ2v) is 7.91. The van der Waals surface area contributed by atoms with Crippen molar-refractivity contribution < 1.29 is 18.5 Å². The van der Waals surface area contributed by atoms with E-state index in [0.29, 0.717) is 36.2 Å². The summed E-state index contributed by atoms with van der Waals surface area (Å²) < 4.78 is 19.9. The van der Waals surface area contributed by atoms with Crippen LogP contribution in [0.5, 0.6) is 0 Å². The number of hydrogen-bond acceptors (Lipinski definition) is 8. The van der Waals surface area contributed by atoms with Gasteiger partial charge in [0.05, 0.1) is 11.2 Å². The summed E-state index contributed by atoms with van der Waals surface area (Å²) in [6.07, 6.45) is 2.66. The van der Waals surface area contributed by atoms with E-state index >= 15 is 0 Å². The van der Waals surface area contributed by atoms with Crippen LogP contribution in [0.3, 0.4) is 0 Å².